The Kier molecular flexibility index (Phi) is 4.76. The van der Waals surface area contributed by atoms with Crippen LogP contribution in [0.2, 0.25) is 0 Å². The Morgan fingerprint density at radius 2 is 2.06 bits per heavy atom. The summed E-state index contributed by atoms with van der Waals surface area (Å²) in [5, 5.41) is 0. The molecule has 1 aromatic carbocycles. The molecule has 0 fully saturated rings. The second kappa shape index (κ2) is 5.65. The quantitative estimate of drug-likeness (QED) is 0.927. The van der Waals surface area contributed by atoms with E-state index in [0.717, 1.165) is 4.47 Å². The molecule has 1 unspecified atom stereocenters. The average Bonchev–Trinajstić information content (AvgIpc) is 2.16. The lowest BCUT2D eigenvalue weighted by Gasteiger charge is -2.19. The minimum Gasteiger partial charge on any atom is -0.363 e. The van der Waals surface area contributed by atoms with E-state index in [1.807, 2.05) is 0 Å². The molecule has 2 N–H and O–H groups in total. The minimum absolute atomic E-state index is 0.110. The molecule has 0 amide bonds. The Morgan fingerprint density at radius 1 is 1.38 bits per heavy atom. The van der Waals surface area contributed by atoms with Crippen molar-refractivity contribution in [2.24, 2.45) is 5.73 Å². The summed E-state index contributed by atoms with van der Waals surface area (Å²) in [6.07, 6.45) is -6.33. The van der Waals surface area contributed by atoms with Crippen LogP contribution in [-0.4, -0.2) is 18.8 Å². The third-order valence-electron chi connectivity index (χ3n) is 1.92. The van der Waals surface area contributed by atoms with E-state index in [0.29, 0.717) is 5.56 Å². The third kappa shape index (κ3) is 4.11. The van der Waals surface area contributed by atoms with Crippen LogP contribution in [0.5, 0.6) is 0 Å². The summed E-state index contributed by atoms with van der Waals surface area (Å²) in [5.74, 6) is 0. The average molecular weight is 298 g/mol. The van der Waals surface area contributed by atoms with Gasteiger partial charge in [-0.3, -0.25) is 0 Å². The van der Waals surface area contributed by atoms with Crippen molar-refractivity contribution in [1.82, 2.24) is 0 Å². The van der Waals surface area contributed by atoms with E-state index in [1.54, 1.807) is 24.3 Å². The molecule has 2 nitrogen and oxygen atoms in total. The van der Waals surface area contributed by atoms with Crippen LogP contribution in [0.1, 0.15) is 5.56 Å². The van der Waals surface area contributed by atoms with Gasteiger partial charge in [0, 0.05) is 11.0 Å². The number of hydrogen-bond donors (Lipinski definition) is 1. The lowest BCUT2D eigenvalue weighted by Crippen LogP contribution is -2.38. The molecular formula is C10H11BrF3NO. The molecule has 0 aliphatic rings. The summed E-state index contributed by atoms with van der Waals surface area (Å²) < 4.78 is 42.4. The molecule has 0 radical (unpaired) electrons. The van der Waals surface area contributed by atoms with Crippen LogP contribution < -0.4 is 5.73 Å². The van der Waals surface area contributed by atoms with Crippen LogP contribution in [0, 0.1) is 0 Å². The van der Waals surface area contributed by atoms with Gasteiger partial charge in [0.15, 0.2) is 6.10 Å². The van der Waals surface area contributed by atoms with Crippen molar-refractivity contribution in [2.45, 2.75) is 18.9 Å². The molecule has 0 aliphatic carbocycles. The van der Waals surface area contributed by atoms with Crippen molar-refractivity contribution >= 4 is 15.9 Å². The molecule has 0 spiro atoms. The number of nitrogens with two attached hydrogens (primary N) is 1. The molecule has 0 aromatic heterocycles. The van der Waals surface area contributed by atoms with Gasteiger partial charge in [0.2, 0.25) is 0 Å². The van der Waals surface area contributed by atoms with Crippen LogP contribution in [0.15, 0.2) is 28.7 Å². The zero-order valence-electron chi connectivity index (χ0n) is 8.30. The van der Waals surface area contributed by atoms with E-state index < -0.39 is 18.8 Å². The Hall–Kier alpha value is -0.590. The summed E-state index contributed by atoms with van der Waals surface area (Å²) >= 11 is 3.22. The molecule has 16 heavy (non-hydrogen) atoms. The molecular weight excluding hydrogens is 287 g/mol. The highest BCUT2D eigenvalue weighted by molar-refractivity contribution is 9.10. The van der Waals surface area contributed by atoms with Crippen LogP contribution in [0.4, 0.5) is 13.2 Å². The standard InChI is InChI=1S/C10H11BrF3NO/c11-8-3-1-2-7(4-8)6-16-9(5-15)10(12,13)14/h1-4,9H,5-6,15H2. The van der Waals surface area contributed by atoms with Gasteiger partial charge >= 0.3 is 6.18 Å². The van der Waals surface area contributed by atoms with Gasteiger partial charge < -0.3 is 10.5 Å². The predicted octanol–water partition coefficient (Wildman–Crippen LogP) is 2.86. The van der Waals surface area contributed by atoms with Gasteiger partial charge in [-0.2, -0.15) is 13.2 Å². The van der Waals surface area contributed by atoms with Crippen molar-refractivity contribution in [3.8, 4) is 0 Å². The second-order valence-electron chi connectivity index (χ2n) is 3.21. The Balaban J connectivity index is 2.56. The smallest absolute Gasteiger partial charge is 0.363 e. The maximum Gasteiger partial charge on any atom is 0.415 e. The summed E-state index contributed by atoms with van der Waals surface area (Å²) in [7, 11) is 0. The predicted molar refractivity (Wildman–Crippen MR) is 57.8 cm³/mol. The fourth-order valence-electron chi connectivity index (χ4n) is 1.12. The third-order valence-corrected chi connectivity index (χ3v) is 2.41. The molecule has 0 aliphatic heterocycles. The van der Waals surface area contributed by atoms with Gasteiger partial charge in [-0.25, -0.2) is 0 Å². The maximum absolute atomic E-state index is 12.3. The highest BCUT2D eigenvalue weighted by Gasteiger charge is 2.39. The Labute approximate surface area is 99.7 Å². The molecule has 0 saturated carbocycles. The van der Waals surface area contributed by atoms with Crippen LogP contribution in [0.25, 0.3) is 0 Å². The Morgan fingerprint density at radius 3 is 2.56 bits per heavy atom. The van der Waals surface area contributed by atoms with Gasteiger partial charge in [0.25, 0.3) is 0 Å². The van der Waals surface area contributed by atoms with Crippen molar-refractivity contribution in [3.05, 3.63) is 34.3 Å². The summed E-state index contributed by atoms with van der Waals surface area (Å²) in [6, 6.07) is 6.90. The molecule has 1 rings (SSSR count). The number of benzene rings is 1. The lowest BCUT2D eigenvalue weighted by atomic mass is 10.2. The van der Waals surface area contributed by atoms with E-state index in [1.165, 1.54) is 0 Å². The topological polar surface area (TPSA) is 35.2 Å². The first-order chi connectivity index (χ1) is 7.43. The molecule has 1 aromatic rings. The zero-order valence-corrected chi connectivity index (χ0v) is 9.88. The van der Waals surface area contributed by atoms with Gasteiger partial charge in [-0.15, -0.1) is 0 Å². The normalized spacial score (nSPS) is 13.8. The molecule has 0 saturated heterocycles. The molecule has 1 atom stereocenters. The van der Waals surface area contributed by atoms with E-state index in [4.69, 9.17) is 10.5 Å². The SMILES string of the molecule is NCC(OCc1cccc(Br)c1)C(F)(F)F. The van der Waals surface area contributed by atoms with Gasteiger partial charge in [-0.05, 0) is 17.7 Å². The molecule has 0 bridgehead atoms. The number of hydrogen-bond acceptors (Lipinski definition) is 2. The first-order valence-corrected chi connectivity index (χ1v) is 5.35. The van der Waals surface area contributed by atoms with Crippen molar-refractivity contribution in [1.29, 1.82) is 0 Å². The number of rotatable bonds is 4. The number of ether oxygens (including phenoxy) is 1. The fraction of sp³-hybridized carbons (Fsp3) is 0.400. The summed E-state index contributed by atoms with van der Waals surface area (Å²) in [4.78, 5) is 0. The van der Waals surface area contributed by atoms with E-state index in [9.17, 15) is 13.2 Å². The van der Waals surface area contributed by atoms with Crippen molar-refractivity contribution < 1.29 is 17.9 Å². The van der Waals surface area contributed by atoms with Crippen LogP contribution in [0.3, 0.4) is 0 Å². The summed E-state index contributed by atoms with van der Waals surface area (Å²) in [5.41, 5.74) is 5.66. The molecule has 6 heteroatoms. The zero-order chi connectivity index (χ0) is 12.2. The molecule has 90 valence electrons. The monoisotopic (exact) mass is 297 g/mol. The largest absolute Gasteiger partial charge is 0.415 e. The van der Waals surface area contributed by atoms with Gasteiger partial charge in [-0.1, -0.05) is 28.1 Å². The fourth-order valence-corrected chi connectivity index (χ4v) is 1.57. The maximum atomic E-state index is 12.3. The van der Waals surface area contributed by atoms with Gasteiger partial charge in [0.05, 0.1) is 6.61 Å². The first-order valence-electron chi connectivity index (χ1n) is 4.56. The second-order valence-corrected chi connectivity index (χ2v) is 4.12. The minimum atomic E-state index is -4.42. The highest BCUT2D eigenvalue weighted by atomic mass is 79.9. The van der Waals surface area contributed by atoms with Crippen molar-refractivity contribution in [2.75, 3.05) is 6.54 Å². The van der Waals surface area contributed by atoms with E-state index in [-0.39, 0.29) is 6.61 Å². The van der Waals surface area contributed by atoms with Crippen LogP contribution >= 0.6 is 15.9 Å². The van der Waals surface area contributed by atoms with Crippen molar-refractivity contribution in [3.63, 3.8) is 0 Å². The van der Waals surface area contributed by atoms with Crippen LogP contribution in [-0.2, 0) is 11.3 Å². The Bertz CT molecular complexity index is 343. The van der Waals surface area contributed by atoms with E-state index in [2.05, 4.69) is 15.9 Å². The summed E-state index contributed by atoms with van der Waals surface area (Å²) in [6.45, 7) is -0.682. The van der Waals surface area contributed by atoms with E-state index >= 15 is 0 Å². The lowest BCUT2D eigenvalue weighted by molar-refractivity contribution is -0.219. The molecule has 0 heterocycles. The highest BCUT2D eigenvalue weighted by Crippen LogP contribution is 2.23. The number of halogens is 4. The first kappa shape index (κ1) is 13.5. The van der Waals surface area contributed by atoms with Gasteiger partial charge in [0.1, 0.15) is 0 Å². The number of alkyl halides is 3.